The van der Waals surface area contributed by atoms with E-state index in [1.165, 1.54) is 0 Å². The molecule has 0 aromatic rings. The summed E-state index contributed by atoms with van der Waals surface area (Å²) in [6, 6.07) is 0. The van der Waals surface area contributed by atoms with E-state index >= 15 is 0 Å². The van der Waals surface area contributed by atoms with E-state index in [0.29, 0.717) is 0 Å². The van der Waals surface area contributed by atoms with Crippen LogP contribution < -0.4 is 5.73 Å². The summed E-state index contributed by atoms with van der Waals surface area (Å²) < 4.78 is 5.31. The van der Waals surface area contributed by atoms with Crippen molar-refractivity contribution in [1.82, 2.24) is 4.90 Å². The molecule has 0 aromatic heterocycles. The molecule has 0 saturated heterocycles. The number of ether oxygens (including phenoxy) is 1. The van der Waals surface area contributed by atoms with Gasteiger partial charge >= 0.3 is 0 Å². The van der Waals surface area contributed by atoms with Crippen LogP contribution in [0.1, 0.15) is 27.2 Å². The van der Waals surface area contributed by atoms with E-state index < -0.39 is 0 Å². The van der Waals surface area contributed by atoms with Crippen LogP contribution in [0.5, 0.6) is 0 Å². The summed E-state index contributed by atoms with van der Waals surface area (Å²) in [5, 5.41) is 0. The molecule has 0 bridgehead atoms. The highest BCUT2D eigenvalue weighted by atomic mass is 16.5. The lowest BCUT2D eigenvalue weighted by atomic mass is 9.87. The highest BCUT2D eigenvalue weighted by Crippen LogP contribution is 2.19. The zero-order valence-electron chi connectivity index (χ0n) is 10.2. The minimum atomic E-state index is 0.251. The maximum atomic E-state index is 5.76. The molecule has 0 aliphatic rings. The summed E-state index contributed by atoms with van der Waals surface area (Å²) in [5.41, 5.74) is 6.01. The van der Waals surface area contributed by atoms with Gasteiger partial charge in [0, 0.05) is 19.7 Å². The minimum absolute atomic E-state index is 0.251. The van der Waals surface area contributed by atoms with Crippen LogP contribution in [0.15, 0.2) is 0 Å². The van der Waals surface area contributed by atoms with Gasteiger partial charge in [-0.2, -0.15) is 0 Å². The average Bonchev–Trinajstić information content (AvgIpc) is 2.18. The molecule has 0 aliphatic heterocycles. The lowest BCUT2D eigenvalue weighted by Gasteiger charge is -2.31. The zero-order chi connectivity index (χ0) is 11.0. The van der Waals surface area contributed by atoms with Gasteiger partial charge in [-0.3, -0.25) is 0 Å². The Morgan fingerprint density at radius 3 is 2.43 bits per heavy atom. The van der Waals surface area contributed by atoms with E-state index in [4.69, 9.17) is 10.5 Å². The first-order valence-corrected chi connectivity index (χ1v) is 5.54. The molecule has 0 heterocycles. The van der Waals surface area contributed by atoms with Crippen LogP contribution >= 0.6 is 0 Å². The van der Waals surface area contributed by atoms with Crippen LogP contribution in [-0.4, -0.2) is 44.8 Å². The molecule has 3 heteroatoms. The van der Waals surface area contributed by atoms with Gasteiger partial charge in [0.1, 0.15) is 0 Å². The Labute approximate surface area is 88.6 Å². The van der Waals surface area contributed by atoms with E-state index in [2.05, 4.69) is 25.8 Å². The van der Waals surface area contributed by atoms with Crippen molar-refractivity contribution in [2.75, 3.05) is 39.9 Å². The van der Waals surface area contributed by atoms with Gasteiger partial charge in [-0.15, -0.1) is 0 Å². The second-order valence-corrected chi connectivity index (χ2v) is 4.30. The second kappa shape index (κ2) is 7.21. The summed E-state index contributed by atoms with van der Waals surface area (Å²) in [4.78, 5) is 2.30. The summed E-state index contributed by atoms with van der Waals surface area (Å²) >= 11 is 0. The van der Waals surface area contributed by atoms with Crippen LogP contribution in [-0.2, 0) is 4.74 Å². The predicted octanol–water partition coefficient (Wildman–Crippen LogP) is 1.33. The van der Waals surface area contributed by atoms with Crippen LogP contribution in [0.25, 0.3) is 0 Å². The maximum absolute atomic E-state index is 5.76. The highest BCUT2D eigenvalue weighted by Gasteiger charge is 2.21. The van der Waals surface area contributed by atoms with Gasteiger partial charge < -0.3 is 15.4 Å². The first-order valence-electron chi connectivity index (χ1n) is 5.54. The van der Waals surface area contributed by atoms with Gasteiger partial charge in [-0.25, -0.2) is 0 Å². The van der Waals surface area contributed by atoms with E-state index in [1.807, 2.05) is 6.92 Å². The molecule has 1 unspecified atom stereocenters. The van der Waals surface area contributed by atoms with Gasteiger partial charge in [0.15, 0.2) is 0 Å². The Morgan fingerprint density at radius 2 is 2.00 bits per heavy atom. The van der Waals surface area contributed by atoms with Crippen molar-refractivity contribution in [3.8, 4) is 0 Å². The van der Waals surface area contributed by atoms with Crippen molar-refractivity contribution in [2.24, 2.45) is 11.1 Å². The van der Waals surface area contributed by atoms with Gasteiger partial charge in [0.2, 0.25) is 0 Å². The molecule has 0 amide bonds. The van der Waals surface area contributed by atoms with Gasteiger partial charge in [0.25, 0.3) is 0 Å². The predicted molar refractivity (Wildman–Crippen MR) is 61.4 cm³/mol. The fourth-order valence-corrected chi connectivity index (χ4v) is 1.42. The Kier molecular flexibility index (Phi) is 7.15. The maximum Gasteiger partial charge on any atom is 0.0593 e. The summed E-state index contributed by atoms with van der Waals surface area (Å²) in [6.07, 6.45) is 1.13. The first-order chi connectivity index (χ1) is 6.58. The van der Waals surface area contributed by atoms with E-state index in [0.717, 1.165) is 39.3 Å². The fourth-order valence-electron chi connectivity index (χ4n) is 1.42. The number of likely N-dealkylation sites (N-methyl/N-ethyl adjacent to an activating group) is 1. The largest absolute Gasteiger partial charge is 0.380 e. The van der Waals surface area contributed by atoms with Crippen molar-refractivity contribution in [1.29, 1.82) is 0 Å². The van der Waals surface area contributed by atoms with Crippen LogP contribution in [0.3, 0.4) is 0 Å². The zero-order valence-corrected chi connectivity index (χ0v) is 10.2. The van der Waals surface area contributed by atoms with Crippen molar-refractivity contribution in [3.63, 3.8) is 0 Å². The molecule has 0 fully saturated rings. The normalized spacial score (nSPS) is 15.9. The molecule has 0 saturated carbocycles. The smallest absolute Gasteiger partial charge is 0.0593 e. The van der Waals surface area contributed by atoms with Gasteiger partial charge in [-0.05, 0) is 32.4 Å². The lowest BCUT2D eigenvalue weighted by Crippen LogP contribution is -2.39. The standard InChI is InChI=1S/C11H26N2O/c1-5-11(3,9-12)10-13(4)7-8-14-6-2/h5-10,12H2,1-4H3. The van der Waals surface area contributed by atoms with Crippen molar-refractivity contribution in [3.05, 3.63) is 0 Å². The highest BCUT2D eigenvalue weighted by molar-refractivity contribution is 4.76. The van der Waals surface area contributed by atoms with Gasteiger partial charge in [0.05, 0.1) is 6.61 Å². The molecule has 14 heavy (non-hydrogen) atoms. The molecular weight excluding hydrogens is 176 g/mol. The third-order valence-electron chi connectivity index (χ3n) is 2.82. The van der Waals surface area contributed by atoms with Crippen LogP contribution in [0.4, 0.5) is 0 Å². The Balaban J connectivity index is 3.73. The molecule has 3 nitrogen and oxygen atoms in total. The SMILES string of the molecule is CCOCCN(C)CC(C)(CC)CN. The molecule has 2 N–H and O–H groups in total. The van der Waals surface area contributed by atoms with Crippen molar-refractivity contribution < 1.29 is 4.74 Å². The third-order valence-corrected chi connectivity index (χ3v) is 2.82. The summed E-state index contributed by atoms with van der Waals surface area (Å²) in [6.45, 7) is 10.9. The summed E-state index contributed by atoms with van der Waals surface area (Å²) in [5.74, 6) is 0. The molecule has 86 valence electrons. The van der Waals surface area contributed by atoms with E-state index in [-0.39, 0.29) is 5.41 Å². The second-order valence-electron chi connectivity index (χ2n) is 4.30. The molecule has 0 rings (SSSR count). The number of rotatable bonds is 8. The monoisotopic (exact) mass is 202 g/mol. The molecule has 1 atom stereocenters. The number of nitrogens with two attached hydrogens (primary N) is 1. The van der Waals surface area contributed by atoms with E-state index in [9.17, 15) is 0 Å². The summed E-state index contributed by atoms with van der Waals surface area (Å²) in [7, 11) is 2.13. The molecule has 0 aromatic carbocycles. The van der Waals surface area contributed by atoms with Crippen LogP contribution in [0, 0.1) is 5.41 Å². The van der Waals surface area contributed by atoms with Crippen LogP contribution in [0.2, 0.25) is 0 Å². The Morgan fingerprint density at radius 1 is 1.36 bits per heavy atom. The fraction of sp³-hybridized carbons (Fsp3) is 1.00. The lowest BCUT2D eigenvalue weighted by molar-refractivity contribution is 0.104. The van der Waals surface area contributed by atoms with E-state index in [1.54, 1.807) is 0 Å². The first kappa shape index (κ1) is 13.9. The molecule has 0 aliphatic carbocycles. The quantitative estimate of drug-likeness (QED) is 0.604. The van der Waals surface area contributed by atoms with Crippen molar-refractivity contribution >= 4 is 0 Å². The van der Waals surface area contributed by atoms with Gasteiger partial charge in [-0.1, -0.05) is 13.8 Å². The number of hydrogen-bond donors (Lipinski definition) is 1. The molecule has 0 radical (unpaired) electrons. The average molecular weight is 202 g/mol. The number of hydrogen-bond acceptors (Lipinski definition) is 3. The Hall–Kier alpha value is -0.120. The topological polar surface area (TPSA) is 38.5 Å². The third kappa shape index (κ3) is 5.58. The minimum Gasteiger partial charge on any atom is -0.380 e. The number of nitrogens with zero attached hydrogens (tertiary/aromatic N) is 1. The molecular formula is C11H26N2O. The van der Waals surface area contributed by atoms with Crippen molar-refractivity contribution in [2.45, 2.75) is 27.2 Å². The Bertz CT molecular complexity index is 135. The molecule has 0 spiro atoms.